The second kappa shape index (κ2) is 3.72. The summed E-state index contributed by atoms with van der Waals surface area (Å²) in [5.74, 6) is -0.198. The van der Waals surface area contributed by atoms with E-state index in [0.29, 0.717) is 18.5 Å². The van der Waals surface area contributed by atoms with Gasteiger partial charge < -0.3 is 5.73 Å². The van der Waals surface area contributed by atoms with Crippen molar-refractivity contribution in [3.8, 4) is 0 Å². The molecular weight excluding hydrogens is 179 g/mol. The highest BCUT2D eigenvalue weighted by molar-refractivity contribution is 5.82. The molecule has 0 saturated heterocycles. The quantitative estimate of drug-likeness (QED) is 0.785. The predicted octanol–water partition coefficient (Wildman–Crippen LogP) is 1.88. The van der Waals surface area contributed by atoms with Crippen LogP contribution >= 0.6 is 0 Å². The average Bonchev–Trinajstić information content (AvgIpc) is 2.19. The summed E-state index contributed by atoms with van der Waals surface area (Å²) in [4.78, 5) is 3.94. The molecule has 0 radical (unpaired) electrons. The van der Waals surface area contributed by atoms with Crippen LogP contribution in [0.2, 0.25) is 0 Å². The third kappa shape index (κ3) is 1.59. The number of halogens is 1. The number of nitrogens with zero attached hydrogens (tertiary/aromatic N) is 1. The number of benzene rings is 1. The number of nitrogens with two attached hydrogens (primary N) is 1. The van der Waals surface area contributed by atoms with Crippen LogP contribution < -0.4 is 5.73 Å². The van der Waals surface area contributed by atoms with E-state index in [0.717, 1.165) is 10.8 Å². The van der Waals surface area contributed by atoms with Crippen LogP contribution in [0.15, 0.2) is 30.6 Å². The van der Waals surface area contributed by atoms with Crippen LogP contribution in [0.3, 0.4) is 0 Å². The van der Waals surface area contributed by atoms with Crippen molar-refractivity contribution in [1.82, 2.24) is 4.98 Å². The van der Waals surface area contributed by atoms with Crippen LogP contribution in [0, 0.1) is 5.82 Å². The van der Waals surface area contributed by atoms with Gasteiger partial charge in [0.05, 0.1) is 0 Å². The summed E-state index contributed by atoms with van der Waals surface area (Å²) in [6, 6.07) is 5.21. The lowest BCUT2D eigenvalue weighted by Crippen LogP contribution is -2.04. The highest BCUT2D eigenvalue weighted by Crippen LogP contribution is 2.18. The van der Waals surface area contributed by atoms with Crippen molar-refractivity contribution in [2.75, 3.05) is 6.54 Å². The molecule has 0 saturated carbocycles. The first-order chi connectivity index (χ1) is 6.81. The van der Waals surface area contributed by atoms with Crippen molar-refractivity contribution in [1.29, 1.82) is 0 Å². The summed E-state index contributed by atoms with van der Waals surface area (Å²) >= 11 is 0. The van der Waals surface area contributed by atoms with Crippen molar-refractivity contribution in [3.63, 3.8) is 0 Å². The molecule has 2 N–H and O–H groups in total. The van der Waals surface area contributed by atoms with Crippen LogP contribution in [-0.2, 0) is 6.42 Å². The van der Waals surface area contributed by atoms with Gasteiger partial charge in [0.15, 0.2) is 0 Å². The van der Waals surface area contributed by atoms with Crippen LogP contribution in [0.5, 0.6) is 0 Å². The molecule has 0 aliphatic carbocycles. The number of pyridine rings is 1. The molecule has 3 heteroatoms. The first kappa shape index (κ1) is 9.09. The third-order valence-electron chi connectivity index (χ3n) is 2.22. The molecule has 1 aromatic carbocycles. The maximum Gasteiger partial charge on any atom is 0.127 e. The minimum Gasteiger partial charge on any atom is -0.330 e. The van der Waals surface area contributed by atoms with Crippen LogP contribution in [0.4, 0.5) is 4.39 Å². The van der Waals surface area contributed by atoms with E-state index in [9.17, 15) is 4.39 Å². The van der Waals surface area contributed by atoms with Gasteiger partial charge in [0.25, 0.3) is 0 Å². The third-order valence-corrected chi connectivity index (χ3v) is 2.22. The number of fused-ring (bicyclic) bond motifs is 1. The largest absolute Gasteiger partial charge is 0.330 e. The Bertz CT molecular complexity index is 454. The van der Waals surface area contributed by atoms with E-state index in [1.165, 1.54) is 6.07 Å². The first-order valence-electron chi connectivity index (χ1n) is 4.53. The molecular formula is C11H11FN2. The van der Waals surface area contributed by atoms with E-state index in [1.807, 2.05) is 12.1 Å². The minimum absolute atomic E-state index is 0.198. The van der Waals surface area contributed by atoms with E-state index >= 15 is 0 Å². The lowest BCUT2D eigenvalue weighted by Gasteiger charge is -2.03. The minimum atomic E-state index is -0.198. The molecule has 2 rings (SSSR count). The smallest absolute Gasteiger partial charge is 0.127 e. The molecule has 72 valence electrons. The summed E-state index contributed by atoms with van der Waals surface area (Å²) in [6.07, 6.45) is 3.93. The Hall–Kier alpha value is -1.48. The number of rotatable bonds is 2. The standard InChI is InChI=1S/C11H11FN2/c12-11-6-10-7-14-4-2-8(10)5-9(11)1-3-13/h2,4-7H,1,3,13H2. The van der Waals surface area contributed by atoms with Crippen LogP contribution in [-0.4, -0.2) is 11.5 Å². The van der Waals surface area contributed by atoms with Crippen LogP contribution in [0.25, 0.3) is 10.8 Å². The van der Waals surface area contributed by atoms with Gasteiger partial charge >= 0.3 is 0 Å². The second-order valence-electron chi connectivity index (χ2n) is 3.21. The maximum absolute atomic E-state index is 13.4. The van der Waals surface area contributed by atoms with Gasteiger partial charge in [-0.15, -0.1) is 0 Å². The monoisotopic (exact) mass is 190 g/mol. The Morgan fingerprint density at radius 2 is 2.14 bits per heavy atom. The normalized spacial score (nSPS) is 10.7. The van der Waals surface area contributed by atoms with Crippen molar-refractivity contribution in [2.45, 2.75) is 6.42 Å². The van der Waals surface area contributed by atoms with Gasteiger partial charge in [0.2, 0.25) is 0 Å². The lowest BCUT2D eigenvalue weighted by atomic mass is 10.1. The summed E-state index contributed by atoms with van der Waals surface area (Å²) in [5, 5.41) is 1.83. The molecule has 1 aromatic heterocycles. The first-order valence-corrected chi connectivity index (χ1v) is 4.53. The summed E-state index contributed by atoms with van der Waals surface area (Å²) in [5.41, 5.74) is 6.07. The molecule has 0 aliphatic rings. The Kier molecular flexibility index (Phi) is 2.41. The molecule has 0 spiro atoms. The molecule has 2 aromatic rings. The van der Waals surface area contributed by atoms with Gasteiger partial charge in [0.1, 0.15) is 5.82 Å². The fourth-order valence-electron chi connectivity index (χ4n) is 1.50. The van der Waals surface area contributed by atoms with Gasteiger partial charge in [-0.05, 0) is 42.1 Å². The maximum atomic E-state index is 13.4. The Labute approximate surface area is 81.6 Å². The highest BCUT2D eigenvalue weighted by atomic mass is 19.1. The zero-order valence-electron chi connectivity index (χ0n) is 7.70. The molecule has 0 amide bonds. The molecule has 14 heavy (non-hydrogen) atoms. The zero-order valence-corrected chi connectivity index (χ0v) is 7.70. The molecule has 0 fully saturated rings. The van der Waals surface area contributed by atoms with Crippen LogP contribution in [0.1, 0.15) is 5.56 Å². The van der Waals surface area contributed by atoms with Gasteiger partial charge in [-0.1, -0.05) is 0 Å². The van der Waals surface area contributed by atoms with Gasteiger partial charge in [-0.25, -0.2) is 4.39 Å². The Morgan fingerprint density at radius 3 is 2.93 bits per heavy atom. The summed E-state index contributed by atoms with van der Waals surface area (Å²) in [7, 11) is 0. The number of hydrogen-bond acceptors (Lipinski definition) is 2. The Morgan fingerprint density at radius 1 is 1.29 bits per heavy atom. The van der Waals surface area contributed by atoms with Crippen molar-refractivity contribution in [2.24, 2.45) is 5.73 Å². The van der Waals surface area contributed by atoms with Crippen molar-refractivity contribution in [3.05, 3.63) is 42.0 Å². The molecule has 0 unspecified atom stereocenters. The SMILES string of the molecule is NCCc1cc2ccncc2cc1F. The zero-order chi connectivity index (χ0) is 9.97. The topological polar surface area (TPSA) is 38.9 Å². The predicted molar refractivity (Wildman–Crippen MR) is 54.5 cm³/mol. The highest BCUT2D eigenvalue weighted by Gasteiger charge is 2.03. The van der Waals surface area contributed by atoms with E-state index < -0.39 is 0 Å². The van der Waals surface area contributed by atoms with Gasteiger partial charge in [-0.2, -0.15) is 0 Å². The molecule has 0 atom stereocenters. The second-order valence-corrected chi connectivity index (χ2v) is 3.21. The fourth-order valence-corrected chi connectivity index (χ4v) is 1.50. The average molecular weight is 190 g/mol. The van der Waals surface area contributed by atoms with E-state index in [2.05, 4.69) is 4.98 Å². The molecule has 0 aliphatic heterocycles. The van der Waals surface area contributed by atoms with E-state index in [4.69, 9.17) is 5.73 Å². The lowest BCUT2D eigenvalue weighted by molar-refractivity contribution is 0.611. The fraction of sp³-hybridized carbons (Fsp3) is 0.182. The van der Waals surface area contributed by atoms with E-state index in [-0.39, 0.29) is 5.82 Å². The molecule has 1 heterocycles. The number of aromatic nitrogens is 1. The molecule has 0 bridgehead atoms. The van der Waals surface area contributed by atoms with Gasteiger partial charge in [-0.3, -0.25) is 4.98 Å². The summed E-state index contributed by atoms with van der Waals surface area (Å²) in [6.45, 7) is 0.466. The number of hydrogen-bond donors (Lipinski definition) is 1. The van der Waals surface area contributed by atoms with Gasteiger partial charge in [0, 0.05) is 17.8 Å². The summed E-state index contributed by atoms with van der Waals surface area (Å²) < 4.78 is 13.4. The van der Waals surface area contributed by atoms with Crippen molar-refractivity contribution < 1.29 is 4.39 Å². The van der Waals surface area contributed by atoms with E-state index in [1.54, 1.807) is 12.4 Å². The Balaban J connectivity index is 2.59. The molecule has 2 nitrogen and oxygen atoms in total. The van der Waals surface area contributed by atoms with Crippen molar-refractivity contribution >= 4 is 10.8 Å².